The third-order valence-corrected chi connectivity index (χ3v) is 3.11. The average Bonchev–Trinajstić information content (AvgIpc) is 2.31. The molecule has 0 radical (unpaired) electrons. The monoisotopic (exact) mass is 245 g/mol. The first-order chi connectivity index (χ1) is 8.15. The van der Waals surface area contributed by atoms with Crippen LogP contribution in [0.25, 0.3) is 0 Å². The fourth-order valence-electron chi connectivity index (χ4n) is 1.96. The smallest absolute Gasteiger partial charge is 0.304 e. The predicted molar refractivity (Wildman–Crippen MR) is 69.1 cm³/mol. The van der Waals surface area contributed by atoms with Crippen molar-refractivity contribution in [2.24, 2.45) is 0 Å². The van der Waals surface area contributed by atoms with Gasteiger partial charge in [-0.15, -0.1) is 0 Å². The lowest BCUT2D eigenvalue weighted by Gasteiger charge is -2.29. The Balaban J connectivity index is 4.04. The fourth-order valence-corrected chi connectivity index (χ4v) is 1.96. The lowest BCUT2D eigenvalue weighted by atomic mass is 10.1. The summed E-state index contributed by atoms with van der Waals surface area (Å²) in [5.74, 6) is -0.767. The van der Waals surface area contributed by atoms with Crippen molar-refractivity contribution in [1.29, 1.82) is 0 Å². The van der Waals surface area contributed by atoms with Gasteiger partial charge in [-0.1, -0.05) is 33.1 Å². The number of carbonyl (C=O) groups is 1. The Morgan fingerprint density at radius 1 is 1.18 bits per heavy atom. The molecule has 17 heavy (non-hydrogen) atoms. The topological polar surface area (TPSA) is 60.8 Å². The normalized spacial score (nSPS) is 12.9. The van der Waals surface area contributed by atoms with Crippen LogP contribution in [0.4, 0.5) is 0 Å². The maximum atomic E-state index is 10.6. The molecule has 0 rings (SSSR count). The highest BCUT2D eigenvalue weighted by Gasteiger charge is 2.16. The number of nitrogens with zero attached hydrogens (tertiary/aromatic N) is 1. The molecule has 0 spiro atoms. The highest BCUT2D eigenvalue weighted by atomic mass is 16.4. The van der Waals surface area contributed by atoms with Crippen LogP contribution in [-0.2, 0) is 4.79 Å². The standard InChI is InChI=1S/C13H27NO3/c1-3-5-6-7-9-14(10-8-13(16)17)12(4-2)11-15/h12,15H,3-11H2,1-2H3,(H,16,17). The fraction of sp³-hybridized carbons (Fsp3) is 0.923. The molecule has 0 aliphatic carbocycles. The summed E-state index contributed by atoms with van der Waals surface area (Å²) in [4.78, 5) is 12.7. The first-order valence-electron chi connectivity index (χ1n) is 6.72. The number of unbranched alkanes of at least 4 members (excludes halogenated alkanes) is 3. The van der Waals surface area contributed by atoms with Crippen molar-refractivity contribution in [1.82, 2.24) is 4.90 Å². The molecule has 4 heteroatoms. The van der Waals surface area contributed by atoms with Crippen molar-refractivity contribution in [3.05, 3.63) is 0 Å². The molecule has 0 bridgehead atoms. The van der Waals surface area contributed by atoms with Gasteiger partial charge in [-0.25, -0.2) is 0 Å². The highest BCUT2D eigenvalue weighted by molar-refractivity contribution is 5.66. The quantitative estimate of drug-likeness (QED) is 0.547. The third-order valence-electron chi connectivity index (χ3n) is 3.11. The zero-order valence-electron chi connectivity index (χ0n) is 11.2. The summed E-state index contributed by atoms with van der Waals surface area (Å²) in [5, 5.41) is 18.0. The van der Waals surface area contributed by atoms with Crippen molar-refractivity contribution in [3.63, 3.8) is 0 Å². The Hall–Kier alpha value is -0.610. The predicted octanol–water partition coefficient (Wildman–Crippen LogP) is 2.11. The lowest BCUT2D eigenvalue weighted by Crippen LogP contribution is -2.39. The van der Waals surface area contributed by atoms with Gasteiger partial charge in [-0.2, -0.15) is 0 Å². The van der Waals surface area contributed by atoms with Crippen LogP contribution in [0.2, 0.25) is 0 Å². The Morgan fingerprint density at radius 2 is 1.88 bits per heavy atom. The van der Waals surface area contributed by atoms with Crippen molar-refractivity contribution in [2.75, 3.05) is 19.7 Å². The van der Waals surface area contributed by atoms with E-state index >= 15 is 0 Å². The van der Waals surface area contributed by atoms with Gasteiger partial charge < -0.3 is 10.2 Å². The molecule has 4 nitrogen and oxygen atoms in total. The van der Waals surface area contributed by atoms with Gasteiger partial charge in [0.1, 0.15) is 0 Å². The minimum Gasteiger partial charge on any atom is -0.481 e. The Labute approximate surface area is 105 Å². The van der Waals surface area contributed by atoms with Crippen LogP contribution in [0.1, 0.15) is 52.4 Å². The van der Waals surface area contributed by atoms with E-state index in [1.54, 1.807) is 0 Å². The summed E-state index contributed by atoms with van der Waals surface area (Å²) < 4.78 is 0. The molecule has 0 aromatic carbocycles. The molecule has 102 valence electrons. The van der Waals surface area contributed by atoms with E-state index in [0.29, 0.717) is 6.54 Å². The number of carboxylic acids is 1. The van der Waals surface area contributed by atoms with Crippen LogP contribution in [-0.4, -0.2) is 46.8 Å². The molecular weight excluding hydrogens is 218 g/mol. The van der Waals surface area contributed by atoms with Crippen molar-refractivity contribution in [2.45, 2.75) is 58.4 Å². The zero-order valence-corrected chi connectivity index (χ0v) is 11.2. The lowest BCUT2D eigenvalue weighted by molar-refractivity contribution is -0.137. The Kier molecular flexibility index (Phi) is 10.2. The Morgan fingerprint density at radius 3 is 2.35 bits per heavy atom. The van der Waals surface area contributed by atoms with E-state index in [9.17, 15) is 9.90 Å². The maximum Gasteiger partial charge on any atom is 0.304 e. The molecule has 0 aromatic heterocycles. The summed E-state index contributed by atoms with van der Waals surface area (Å²) in [6.07, 6.45) is 5.72. The second kappa shape index (κ2) is 10.5. The minimum absolute atomic E-state index is 0.107. The molecule has 1 atom stereocenters. The molecule has 0 amide bonds. The van der Waals surface area contributed by atoms with Gasteiger partial charge in [0.15, 0.2) is 0 Å². The number of aliphatic carboxylic acids is 1. The highest BCUT2D eigenvalue weighted by Crippen LogP contribution is 2.08. The molecule has 1 unspecified atom stereocenters. The van der Waals surface area contributed by atoms with Gasteiger partial charge in [-0.3, -0.25) is 9.69 Å². The molecule has 2 N–H and O–H groups in total. The maximum absolute atomic E-state index is 10.6. The SMILES string of the molecule is CCCCCCN(CCC(=O)O)C(CC)CO. The van der Waals surface area contributed by atoms with Crippen molar-refractivity contribution in [3.8, 4) is 0 Å². The van der Waals surface area contributed by atoms with E-state index in [0.717, 1.165) is 19.4 Å². The van der Waals surface area contributed by atoms with Gasteiger partial charge in [-0.05, 0) is 19.4 Å². The van der Waals surface area contributed by atoms with Crippen LogP contribution in [0, 0.1) is 0 Å². The second-order valence-corrected chi connectivity index (χ2v) is 4.49. The Bertz CT molecular complexity index is 193. The number of hydrogen-bond donors (Lipinski definition) is 2. The summed E-state index contributed by atoms with van der Waals surface area (Å²) in [7, 11) is 0. The van der Waals surface area contributed by atoms with E-state index in [-0.39, 0.29) is 19.1 Å². The largest absolute Gasteiger partial charge is 0.481 e. The summed E-state index contributed by atoms with van der Waals surface area (Å²) in [5.41, 5.74) is 0. The van der Waals surface area contributed by atoms with Crippen molar-refractivity contribution < 1.29 is 15.0 Å². The van der Waals surface area contributed by atoms with Gasteiger partial charge in [0.05, 0.1) is 13.0 Å². The van der Waals surface area contributed by atoms with E-state index in [4.69, 9.17) is 5.11 Å². The van der Waals surface area contributed by atoms with Crippen LogP contribution in [0.3, 0.4) is 0 Å². The zero-order chi connectivity index (χ0) is 13.1. The van der Waals surface area contributed by atoms with E-state index in [2.05, 4.69) is 11.8 Å². The first-order valence-corrected chi connectivity index (χ1v) is 6.72. The van der Waals surface area contributed by atoms with Crippen LogP contribution in [0.15, 0.2) is 0 Å². The van der Waals surface area contributed by atoms with Gasteiger partial charge in [0.2, 0.25) is 0 Å². The third kappa shape index (κ3) is 8.16. The molecule has 0 saturated heterocycles. The number of aliphatic hydroxyl groups is 1. The molecular formula is C13H27NO3. The first kappa shape index (κ1) is 16.4. The number of carboxylic acid groups (broad SMARTS) is 1. The van der Waals surface area contributed by atoms with Gasteiger partial charge >= 0.3 is 5.97 Å². The second-order valence-electron chi connectivity index (χ2n) is 4.49. The number of hydrogen-bond acceptors (Lipinski definition) is 3. The molecule has 0 fully saturated rings. The molecule has 0 aliphatic rings. The van der Waals surface area contributed by atoms with Gasteiger partial charge in [0.25, 0.3) is 0 Å². The number of rotatable bonds is 11. The number of aliphatic hydroxyl groups excluding tert-OH is 1. The van der Waals surface area contributed by atoms with E-state index in [1.807, 2.05) is 6.92 Å². The minimum atomic E-state index is -0.767. The van der Waals surface area contributed by atoms with Crippen LogP contribution < -0.4 is 0 Å². The summed E-state index contributed by atoms with van der Waals surface area (Å²) in [6.45, 7) is 5.75. The van der Waals surface area contributed by atoms with E-state index < -0.39 is 5.97 Å². The average molecular weight is 245 g/mol. The molecule has 0 saturated carbocycles. The molecule has 0 aliphatic heterocycles. The summed E-state index contributed by atoms with van der Waals surface area (Å²) >= 11 is 0. The molecule has 0 heterocycles. The van der Waals surface area contributed by atoms with Gasteiger partial charge in [0, 0.05) is 12.6 Å². The molecule has 0 aromatic rings. The van der Waals surface area contributed by atoms with E-state index in [1.165, 1.54) is 19.3 Å². The summed E-state index contributed by atoms with van der Waals surface area (Å²) in [6, 6.07) is 0.107. The van der Waals surface area contributed by atoms with Crippen molar-refractivity contribution >= 4 is 5.97 Å². The van der Waals surface area contributed by atoms with Crippen LogP contribution in [0.5, 0.6) is 0 Å². The van der Waals surface area contributed by atoms with Crippen LogP contribution >= 0.6 is 0 Å².